The molecule has 7 heteroatoms. The zero-order valence-electron chi connectivity index (χ0n) is 22.6. The molecule has 0 radical (unpaired) electrons. The lowest BCUT2D eigenvalue weighted by atomic mass is 9.64. The number of hydrogen-bond donors (Lipinski definition) is 0. The number of benzene rings is 4. The second kappa shape index (κ2) is 9.78. The smallest absolute Gasteiger partial charge is 0.185 e. The average Bonchev–Trinajstić information content (AvgIpc) is 3.43. The van der Waals surface area contributed by atoms with Crippen LogP contribution in [0.25, 0.3) is 6.08 Å². The van der Waals surface area contributed by atoms with E-state index in [0.29, 0.717) is 39.8 Å². The van der Waals surface area contributed by atoms with E-state index in [1.807, 2.05) is 48.2 Å². The van der Waals surface area contributed by atoms with Crippen LogP contribution in [0.15, 0.2) is 97.1 Å². The molecule has 4 aromatic rings. The number of ketones is 3. The van der Waals surface area contributed by atoms with Crippen molar-refractivity contribution in [1.82, 2.24) is 0 Å². The summed E-state index contributed by atoms with van der Waals surface area (Å²) >= 11 is 6.36. The van der Waals surface area contributed by atoms with Crippen molar-refractivity contribution in [3.8, 4) is 5.75 Å². The number of halogens is 2. The molecular weight excluding hydrogens is 553 g/mol. The van der Waals surface area contributed by atoms with Gasteiger partial charge in [-0.05, 0) is 61.0 Å². The van der Waals surface area contributed by atoms with Crippen LogP contribution < -0.4 is 9.64 Å². The lowest BCUT2D eigenvalue weighted by Crippen LogP contribution is -2.48. The topological polar surface area (TPSA) is 63.7 Å². The third-order valence-electron chi connectivity index (χ3n) is 8.72. The summed E-state index contributed by atoms with van der Waals surface area (Å²) in [5.74, 6) is -1.89. The molecule has 1 aliphatic carbocycles. The summed E-state index contributed by atoms with van der Waals surface area (Å²) in [6.07, 6.45) is 3.71. The first kappa shape index (κ1) is 26.4. The second-order valence-corrected chi connectivity index (χ2v) is 11.2. The number of nitrogens with zero attached hydrogens (tertiary/aromatic N) is 1. The number of hydrogen-bond acceptors (Lipinski definition) is 5. The van der Waals surface area contributed by atoms with Crippen molar-refractivity contribution in [3.05, 3.63) is 136 Å². The standard InChI is InChI=1S/C35H25ClFNO4/c1-2-42-28-10-6-5-9-26(28)30-31(32(39)20-11-15-23(37)16-12-20)38-27-17-14-22(36)19-21(27)13-18-29(38)35(30)33(40)24-7-3-4-8-25(24)34(35)41/h3-19,29-31H,2H2,1H3. The first-order valence-corrected chi connectivity index (χ1v) is 14.2. The fourth-order valence-electron chi connectivity index (χ4n) is 7.10. The number of fused-ring (bicyclic) bond motifs is 5. The Balaban J connectivity index is 1.56. The van der Waals surface area contributed by atoms with E-state index in [4.69, 9.17) is 16.3 Å². The molecule has 208 valence electrons. The minimum atomic E-state index is -1.66. The number of anilines is 1. The monoisotopic (exact) mass is 577 g/mol. The van der Waals surface area contributed by atoms with E-state index in [1.165, 1.54) is 24.3 Å². The van der Waals surface area contributed by atoms with Gasteiger partial charge in [0.2, 0.25) is 0 Å². The average molecular weight is 578 g/mol. The first-order valence-electron chi connectivity index (χ1n) is 13.8. The molecule has 3 atom stereocenters. The van der Waals surface area contributed by atoms with Crippen LogP contribution in [0.3, 0.4) is 0 Å². The van der Waals surface area contributed by atoms with Crippen LogP contribution in [0.1, 0.15) is 55.0 Å². The van der Waals surface area contributed by atoms with Gasteiger partial charge in [-0.15, -0.1) is 0 Å². The molecule has 4 aromatic carbocycles. The number of para-hydroxylation sites is 1. The Morgan fingerprint density at radius 3 is 2.29 bits per heavy atom. The van der Waals surface area contributed by atoms with Crippen molar-refractivity contribution in [1.29, 1.82) is 0 Å². The molecular formula is C35H25ClFNO4. The molecule has 0 bridgehead atoms. The lowest BCUT2D eigenvalue weighted by molar-refractivity contribution is 0.0664. The molecule has 0 saturated carbocycles. The first-order chi connectivity index (χ1) is 20.4. The van der Waals surface area contributed by atoms with Crippen LogP contribution >= 0.6 is 11.6 Å². The van der Waals surface area contributed by atoms with Gasteiger partial charge in [0.05, 0.1) is 12.6 Å². The largest absolute Gasteiger partial charge is 0.494 e. The Labute approximate surface area is 247 Å². The summed E-state index contributed by atoms with van der Waals surface area (Å²) in [4.78, 5) is 46.1. The summed E-state index contributed by atoms with van der Waals surface area (Å²) in [6.45, 7) is 2.21. The number of rotatable bonds is 5. The Morgan fingerprint density at radius 2 is 1.60 bits per heavy atom. The minimum Gasteiger partial charge on any atom is -0.494 e. The van der Waals surface area contributed by atoms with E-state index in [9.17, 15) is 18.8 Å². The molecule has 2 heterocycles. The van der Waals surface area contributed by atoms with Crippen molar-refractivity contribution in [2.75, 3.05) is 11.5 Å². The van der Waals surface area contributed by atoms with E-state index in [0.717, 1.165) is 5.56 Å². The summed E-state index contributed by atoms with van der Waals surface area (Å²) in [5.41, 5.74) is 1.33. The maximum absolute atomic E-state index is 14.8. The zero-order valence-corrected chi connectivity index (χ0v) is 23.3. The van der Waals surface area contributed by atoms with E-state index in [-0.39, 0.29) is 22.9 Å². The highest BCUT2D eigenvalue weighted by atomic mass is 35.5. The van der Waals surface area contributed by atoms with Gasteiger partial charge in [-0.25, -0.2) is 4.39 Å². The maximum Gasteiger partial charge on any atom is 0.185 e. The van der Waals surface area contributed by atoms with Crippen molar-refractivity contribution in [2.24, 2.45) is 5.41 Å². The van der Waals surface area contributed by atoms with E-state index in [2.05, 4.69) is 0 Å². The van der Waals surface area contributed by atoms with Crippen LogP contribution in [0.5, 0.6) is 5.75 Å². The highest BCUT2D eigenvalue weighted by Crippen LogP contribution is 2.62. The molecule has 2 aliphatic heterocycles. The van der Waals surface area contributed by atoms with Gasteiger partial charge in [-0.1, -0.05) is 66.2 Å². The number of ether oxygens (including phenoxy) is 1. The van der Waals surface area contributed by atoms with Gasteiger partial charge in [-0.2, -0.15) is 0 Å². The van der Waals surface area contributed by atoms with Gasteiger partial charge in [0.15, 0.2) is 17.3 Å². The molecule has 3 aliphatic rings. The molecule has 42 heavy (non-hydrogen) atoms. The second-order valence-electron chi connectivity index (χ2n) is 10.8. The summed E-state index contributed by atoms with van der Waals surface area (Å²) in [7, 11) is 0. The van der Waals surface area contributed by atoms with Crippen LogP contribution in [-0.4, -0.2) is 36.0 Å². The van der Waals surface area contributed by atoms with Crippen molar-refractivity contribution in [2.45, 2.75) is 24.9 Å². The molecule has 3 unspecified atom stereocenters. The molecule has 5 nitrogen and oxygen atoms in total. The lowest BCUT2D eigenvalue weighted by Gasteiger charge is -2.37. The van der Waals surface area contributed by atoms with Gasteiger partial charge < -0.3 is 9.64 Å². The van der Waals surface area contributed by atoms with Gasteiger partial charge >= 0.3 is 0 Å². The van der Waals surface area contributed by atoms with Gasteiger partial charge in [0.25, 0.3) is 0 Å². The zero-order chi connectivity index (χ0) is 29.2. The van der Waals surface area contributed by atoms with E-state index < -0.39 is 29.2 Å². The van der Waals surface area contributed by atoms with Crippen LogP contribution in [0, 0.1) is 11.2 Å². The molecule has 1 spiro atoms. The van der Waals surface area contributed by atoms with E-state index in [1.54, 1.807) is 42.5 Å². The van der Waals surface area contributed by atoms with Crippen molar-refractivity contribution >= 4 is 40.7 Å². The van der Waals surface area contributed by atoms with Crippen LogP contribution in [0.2, 0.25) is 5.02 Å². The fraction of sp³-hybridized carbons (Fsp3) is 0.171. The van der Waals surface area contributed by atoms with Crippen molar-refractivity contribution in [3.63, 3.8) is 0 Å². The molecule has 0 aromatic heterocycles. The number of carbonyl (C=O) groups excluding carboxylic acids is 3. The summed E-state index contributed by atoms with van der Waals surface area (Å²) < 4.78 is 20.0. The Morgan fingerprint density at radius 1 is 0.929 bits per heavy atom. The SMILES string of the molecule is CCOc1ccccc1C1C(C(=O)c2ccc(F)cc2)N2c3ccc(Cl)cc3C=CC2C12C(=O)c1ccccc1C2=O. The van der Waals surface area contributed by atoms with Gasteiger partial charge in [-0.3, -0.25) is 14.4 Å². The Kier molecular flexibility index (Phi) is 6.13. The highest BCUT2D eigenvalue weighted by molar-refractivity contribution is 6.33. The molecule has 1 fully saturated rings. The predicted octanol–water partition coefficient (Wildman–Crippen LogP) is 7.19. The third-order valence-corrected chi connectivity index (χ3v) is 8.95. The Hall–Kier alpha value is -4.55. The predicted molar refractivity (Wildman–Crippen MR) is 159 cm³/mol. The highest BCUT2D eigenvalue weighted by Gasteiger charge is 2.71. The molecule has 0 N–H and O–H groups in total. The Bertz CT molecular complexity index is 1780. The quantitative estimate of drug-likeness (QED) is 0.185. The maximum atomic E-state index is 14.8. The normalized spacial score (nSPS) is 21.3. The summed E-state index contributed by atoms with van der Waals surface area (Å²) in [6, 6.07) is 23.0. The van der Waals surface area contributed by atoms with E-state index >= 15 is 0 Å². The molecule has 0 amide bonds. The van der Waals surface area contributed by atoms with Crippen LogP contribution in [-0.2, 0) is 0 Å². The van der Waals surface area contributed by atoms with Crippen molar-refractivity contribution < 1.29 is 23.5 Å². The third kappa shape index (κ3) is 3.58. The summed E-state index contributed by atoms with van der Waals surface area (Å²) in [5, 5.41) is 0.519. The fourth-order valence-corrected chi connectivity index (χ4v) is 7.28. The molecule has 1 saturated heterocycles. The number of Topliss-reactive ketones (excluding diaryl/α,β-unsaturated/α-hetero) is 3. The minimum absolute atomic E-state index is 0.275. The van der Waals surface area contributed by atoms with Gasteiger partial charge in [0.1, 0.15) is 23.0 Å². The number of carbonyl (C=O) groups is 3. The molecule has 7 rings (SSSR count). The van der Waals surface area contributed by atoms with Gasteiger partial charge in [0, 0.05) is 38.9 Å². The van der Waals surface area contributed by atoms with Crippen LogP contribution in [0.4, 0.5) is 10.1 Å².